The molecule has 16 rings (SSSR count). The molecule has 0 aliphatic carbocycles. The smallest absolute Gasteiger partial charge is 0.410 e. The number of hydrogen-bond donors (Lipinski definition) is 4. The Hall–Kier alpha value is -14.7. The highest BCUT2D eigenvalue weighted by molar-refractivity contribution is 6.66. The zero-order chi connectivity index (χ0) is 95.8. The highest BCUT2D eigenvalue weighted by Crippen LogP contribution is 2.40. The van der Waals surface area contributed by atoms with Gasteiger partial charge < -0.3 is 87.4 Å². The second-order valence-electron chi connectivity index (χ2n) is 35.1. The Morgan fingerprint density at radius 1 is 0.388 bits per heavy atom. The number of ketones is 1. The Labute approximate surface area is 782 Å². The summed E-state index contributed by atoms with van der Waals surface area (Å²) in [6.45, 7) is 25.9. The van der Waals surface area contributed by atoms with Gasteiger partial charge >= 0.3 is 24.2 Å². The Kier molecular flexibility index (Phi) is 33.4. The number of aromatic nitrogens is 4. The van der Waals surface area contributed by atoms with Gasteiger partial charge in [-0.15, -0.1) is 0 Å². The number of aromatic carboxylic acids is 1. The first-order valence-electron chi connectivity index (χ1n) is 44.2. The molecular weight excluding hydrogens is 1730 g/mol. The number of carboxylic acid groups (broad SMARTS) is 1. The summed E-state index contributed by atoms with van der Waals surface area (Å²) in [5.74, 6) is 4.42. The molecule has 700 valence electrons. The van der Waals surface area contributed by atoms with Gasteiger partial charge in [0.25, 0.3) is 11.8 Å². The molecule has 12 aromatic rings. The van der Waals surface area contributed by atoms with Crippen molar-refractivity contribution in [3.05, 3.63) is 278 Å². The van der Waals surface area contributed by atoms with E-state index in [1.54, 1.807) is 63.2 Å². The van der Waals surface area contributed by atoms with Crippen molar-refractivity contribution in [3.63, 3.8) is 0 Å². The van der Waals surface area contributed by atoms with Crippen molar-refractivity contribution in [2.75, 3.05) is 52.4 Å². The quantitative estimate of drug-likeness (QED) is 0.0225. The summed E-state index contributed by atoms with van der Waals surface area (Å²) in [6.07, 6.45) is 6.64. The molecule has 4 aromatic heterocycles. The summed E-state index contributed by atoms with van der Waals surface area (Å²) in [7, 11) is 0. The molecule has 4 atom stereocenters. The van der Waals surface area contributed by atoms with E-state index in [2.05, 4.69) is 26.8 Å². The van der Waals surface area contributed by atoms with Gasteiger partial charge in [0.15, 0.2) is 17.4 Å². The number of hydrogen-bond acceptors (Lipinski definition) is 24. The number of oxazole rings is 4. The molecule has 4 unspecified atom stereocenters. The first kappa shape index (κ1) is 98.4. The summed E-state index contributed by atoms with van der Waals surface area (Å²) >= 11 is 4.71. The van der Waals surface area contributed by atoms with Crippen LogP contribution in [0.3, 0.4) is 0 Å². The average molecular weight is 1840 g/mol. The zero-order valence-corrected chi connectivity index (χ0v) is 77.3. The number of ether oxygens (including phenoxy) is 7. The first-order chi connectivity index (χ1) is 64.1. The third kappa shape index (κ3) is 28.4. The van der Waals surface area contributed by atoms with Crippen LogP contribution in [0.5, 0.6) is 46.0 Å². The van der Waals surface area contributed by atoms with Crippen molar-refractivity contribution in [3.8, 4) is 91.0 Å². The lowest BCUT2D eigenvalue weighted by atomic mass is 9.98. The van der Waals surface area contributed by atoms with Crippen LogP contribution in [0.1, 0.15) is 210 Å². The molecule has 0 saturated carbocycles. The lowest BCUT2D eigenvalue weighted by Gasteiger charge is -2.32. The lowest BCUT2D eigenvalue weighted by molar-refractivity contribution is -0.107. The van der Waals surface area contributed by atoms with E-state index in [-0.39, 0.29) is 70.4 Å². The molecule has 8 aromatic carbocycles. The highest BCUT2D eigenvalue weighted by atomic mass is 35.5. The minimum Gasteiger partial charge on any atom is -0.475 e. The van der Waals surface area contributed by atoms with Crippen molar-refractivity contribution in [1.82, 2.24) is 40.0 Å². The van der Waals surface area contributed by atoms with Crippen LogP contribution in [0.15, 0.2) is 249 Å². The van der Waals surface area contributed by atoms with Crippen LogP contribution in [0, 0.1) is 0 Å². The summed E-state index contributed by atoms with van der Waals surface area (Å²) in [6, 6.07) is 66.9. The summed E-state index contributed by atoms with van der Waals surface area (Å²) in [4.78, 5) is 119. The number of amides is 5. The van der Waals surface area contributed by atoms with E-state index in [0.29, 0.717) is 120 Å². The highest BCUT2D eigenvalue weighted by Gasteiger charge is 2.37. The number of piperidine rings is 4. The van der Waals surface area contributed by atoms with Gasteiger partial charge in [-0.05, 0) is 283 Å². The number of carbonyl (C=O) groups is 8. The van der Waals surface area contributed by atoms with E-state index in [9.17, 15) is 43.5 Å². The molecule has 134 heavy (non-hydrogen) atoms. The standard InChI is InChI=1S/C27H30N2O5.C26H29N3O5.C26H28N2O6.C21H21N3O3.C3H3ClO/c1-18(30)24-23(19-12-14-22(15-13-19)32-21-10-6-5-7-11-21)28-25(33-24)20-9-8-16-29(17-20)26(31)34-27(2,3)4;1-26(2,3)34-25(31)29-15-7-8-18(16-29)24-28-21(22(33-24)23(27)30)17-11-13-20(14-12-17)32-19-9-5-4-6-10-19;1-26(2,3)34-25(31)28-15-7-8-18(16-28)23-27-21(22(33-23)24(29)30)17-11-13-20(14-12-17)32-19-9-5-4-6-10-19;22-20(25)19-18(24-21(27-19)15-5-4-12-23-13-15)14-8-10-17(11-9-14)26-16-6-2-1-3-7-16;1-2-3(4)5/h5-7,10-15,20H,8-9,16-17H2,1-4H3;4-6,9-14,18H,7-8,15-16H2,1-3H3,(H2,27,30);4-6,9-14,18H,7-8,15-16H2,1-3H3,(H,29,30);1-3,6-11,15,23H,4-5,12-13H2,(H2,22,25);2H,1H2. The van der Waals surface area contributed by atoms with Crippen molar-refractivity contribution < 1.29 is 94.3 Å². The SMILES string of the molecule is C=CC(=O)Cl.CC(=O)c1oc(C2CCCN(C(=O)OC(C)(C)C)C2)nc1-c1ccc(Oc2ccccc2)cc1.CC(C)(C)OC(=O)N1CCCC(c2nc(-c3ccc(Oc4ccccc4)cc3)c(C(=O)O)o2)C1.CC(C)(C)OC(=O)N1CCCC(c2nc(-c3ccc(Oc4ccccc4)cc3)c(C(N)=O)o2)C1.NC(=O)c1oc(C2CCCNC2)nc1-c1ccc(Oc2ccccc2)cc1. The molecule has 0 radical (unpaired) electrons. The molecule has 4 saturated heterocycles. The Morgan fingerprint density at radius 2 is 0.634 bits per heavy atom. The van der Waals surface area contributed by atoms with Gasteiger partial charge in [-0.3, -0.25) is 19.2 Å². The van der Waals surface area contributed by atoms with Gasteiger partial charge in [0.2, 0.25) is 40.2 Å². The maximum Gasteiger partial charge on any atom is 0.410 e. The van der Waals surface area contributed by atoms with Crippen molar-refractivity contribution in [1.29, 1.82) is 0 Å². The van der Waals surface area contributed by atoms with Gasteiger partial charge in [0.1, 0.15) is 85.6 Å². The van der Waals surface area contributed by atoms with Crippen LogP contribution in [-0.2, 0) is 19.0 Å². The number of nitrogens with zero attached hydrogens (tertiary/aromatic N) is 7. The fourth-order valence-electron chi connectivity index (χ4n) is 14.8. The molecule has 31 heteroatoms. The van der Waals surface area contributed by atoms with E-state index in [4.69, 9.17) is 78.9 Å². The number of nitrogens with one attached hydrogen (secondary N) is 1. The predicted octanol–water partition coefficient (Wildman–Crippen LogP) is 22.4. The van der Waals surface area contributed by atoms with Crippen LogP contribution >= 0.6 is 11.6 Å². The Morgan fingerprint density at radius 3 is 0.881 bits per heavy atom. The first-order valence-corrected chi connectivity index (χ1v) is 44.6. The maximum atomic E-state index is 12.5. The van der Waals surface area contributed by atoms with Gasteiger partial charge in [0.05, 0.1) is 17.8 Å². The average Bonchev–Trinajstić information content (AvgIpc) is 1.69. The second-order valence-corrected chi connectivity index (χ2v) is 35.5. The number of benzene rings is 8. The summed E-state index contributed by atoms with van der Waals surface area (Å²) < 4.78 is 63.0. The number of carbonyl (C=O) groups excluding carboxylic acids is 7. The number of halogens is 1. The Balaban J connectivity index is 0.000000159. The minimum atomic E-state index is -1.20. The van der Waals surface area contributed by atoms with Crippen LogP contribution in [-0.4, -0.2) is 156 Å². The van der Waals surface area contributed by atoms with Crippen LogP contribution in [0.2, 0.25) is 0 Å². The van der Waals surface area contributed by atoms with Crippen molar-refractivity contribution in [2.45, 2.75) is 161 Å². The maximum absolute atomic E-state index is 12.5. The molecule has 30 nitrogen and oxygen atoms in total. The number of Topliss-reactive ketones (excluding diaryl/α,β-unsaturated/α-hetero) is 1. The molecule has 4 fully saturated rings. The zero-order valence-electron chi connectivity index (χ0n) is 76.6. The molecule has 8 heterocycles. The monoisotopic (exact) mass is 1840 g/mol. The number of nitrogens with two attached hydrogens (primary N) is 2. The molecule has 0 bridgehead atoms. The fourth-order valence-corrected chi connectivity index (χ4v) is 14.8. The van der Waals surface area contributed by atoms with Crippen LogP contribution in [0.4, 0.5) is 14.4 Å². The second kappa shape index (κ2) is 45.5. The number of primary amides is 2. The fraction of sp³-hybridized carbons (Fsp3) is 0.320. The van der Waals surface area contributed by atoms with E-state index in [0.717, 1.165) is 98.9 Å². The van der Waals surface area contributed by atoms with E-state index in [1.807, 2.05) is 232 Å². The number of likely N-dealkylation sites (tertiary alicyclic amines) is 3. The third-order valence-electron chi connectivity index (χ3n) is 21.0. The van der Waals surface area contributed by atoms with Crippen molar-refractivity contribution in [2.24, 2.45) is 11.5 Å². The van der Waals surface area contributed by atoms with Crippen LogP contribution < -0.4 is 35.7 Å². The van der Waals surface area contributed by atoms with E-state index >= 15 is 0 Å². The number of carboxylic acids is 1. The molecule has 4 aliphatic rings. The summed E-state index contributed by atoms with van der Waals surface area (Å²) in [5, 5.41) is 12.5. The number of rotatable bonds is 21. The van der Waals surface area contributed by atoms with Gasteiger partial charge in [-0.25, -0.2) is 39.1 Å². The van der Waals surface area contributed by atoms with Crippen LogP contribution in [0.25, 0.3) is 45.0 Å². The van der Waals surface area contributed by atoms with Gasteiger partial charge in [-0.1, -0.05) is 79.4 Å². The largest absolute Gasteiger partial charge is 0.475 e. The van der Waals surface area contributed by atoms with Gasteiger partial charge in [0, 0.05) is 80.9 Å². The van der Waals surface area contributed by atoms with Gasteiger partial charge in [-0.2, -0.15) is 0 Å². The van der Waals surface area contributed by atoms with E-state index in [1.165, 1.54) is 6.92 Å². The molecule has 4 aliphatic heterocycles. The molecule has 6 N–H and O–H groups in total. The third-order valence-corrected chi connectivity index (χ3v) is 21.2. The topological polar surface area (TPSA) is 399 Å². The minimum absolute atomic E-state index is 0.00104. The summed E-state index contributed by atoms with van der Waals surface area (Å²) in [5.41, 5.74) is 13.8. The predicted molar refractivity (Wildman–Crippen MR) is 503 cm³/mol. The van der Waals surface area contributed by atoms with Crippen molar-refractivity contribution >= 4 is 58.7 Å². The lowest BCUT2D eigenvalue weighted by Crippen LogP contribution is -2.42. The molecule has 5 amide bonds. The molecule has 0 spiro atoms. The normalized spacial score (nSPS) is 16.0. The van der Waals surface area contributed by atoms with E-state index < -0.39 is 45.9 Å². The molecular formula is C103H111ClN10O20. The Bertz CT molecular complexity index is 5520. The number of allylic oxidation sites excluding steroid dienone is 1. The number of para-hydroxylation sites is 4.